The molecule has 0 saturated carbocycles. The van der Waals surface area contributed by atoms with Gasteiger partial charge in [0.25, 0.3) is 5.91 Å². The van der Waals surface area contributed by atoms with Gasteiger partial charge in [-0.1, -0.05) is 6.07 Å². The molecule has 4 rings (SSSR count). The molecule has 180 valence electrons. The number of likely N-dealkylation sites (tertiary alicyclic amines) is 1. The van der Waals surface area contributed by atoms with Gasteiger partial charge in [-0.25, -0.2) is 0 Å². The summed E-state index contributed by atoms with van der Waals surface area (Å²) in [5.74, 6) is 0.393. The molecule has 2 aliphatic heterocycles. The van der Waals surface area contributed by atoms with Crippen LogP contribution in [0.15, 0.2) is 42.5 Å². The number of alkyl halides is 3. The average Bonchev–Trinajstić information content (AvgIpc) is 3.20. The first kappa shape index (κ1) is 23.9. The molecule has 2 heterocycles. The van der Waals surface area contributed by atoms with Crippen LogP contribution in [-0.4, -0.2) is 55.8 Å². The van der Waals surface area contributed by atoms with E-state index in [4.69, 9.17) is 10.00 Å². The van der Waals surface area contributed by atoms with Crippen LogP contribution in [0, 0.1) is 22.7 Å². The number of nitrogens with zero attached hydrogens (tertiary/aromatic N) is 3. The highest BCUT2D eigenvalue weighted by Crippen LogP contribution is 2.46. The third-order valence-corrected chi connectivity index (χ3v) is 7.19. The molecule has 0 aromatic heterocycles. The summed E-state index contributed by atoms with van der Waals surface area (Å²) in [6, 6.07) is 12.3. The maximum Gasteiger partial charge on any atom is 0.417 e. The summed E-state index contributed by atoms with van der Waals surface area (Å²) in [7, 11) is 1.54. The standard InChI is InChI=1S/C25H26F3N3O3/c1-34-21-4-2-3-17(11-21)23(33)30-9-7-24(8-10-30)16-31(14-19(24)15-32)20-6-5-18(13-29)22(12-20)25(26,27)28/h2-6,11-12,19,32H,7-10,14-16H2,1H3. The second kappa shape index (κ2) is 9.18. The number of carbonyl (C=O) groups is 1. The molecule has 2 fully saturated rings. The first-order valence-electron chi connectivity index (χ1n) is 11.1. The number of nitriles is 1. The summed E-state index contributed by atoms with van der Waals surface area (Å²) in [4.78, 5) is 16.6. The fourth-order valence-corrected chi connectivity index (χ4v) is 5.20. The third-order valence-electron chi connectivity index (χ3n) is 7.19. The molecule has 2 aliphatic rings. The van der Waals surface area contributed by atoms with Crippen LogP contribution in [0.25, 0.3) is 0 Å². The van der Waals surface area contributed by atoms with Crippen LogP contribution in [0.2, 0.25) is 0 Å². The molecule has 1 N–H and O–H groups in total. The zero-order valence-electron chi connectivity index (χ0n) is 18.8. The van der Waals surface area contributed by atoms with Crippen molar-refractivity contribution in [3.63, 3.8) is 0 Å². The first-order valence-corrected chi connectivity index (χ1v) is 11.1. The number of amides is 1. The molecule has 9 heteroatoms. The van der Waals surface area contributed by atoms with E-state index in [0.717, 1.165) is 6.07 Å². The lowest BCUT2D eigenvalue weighted by Crippen LogP contribution is -2.47. The molecule has 6 nitrogen and oxygen atoms in total. The average molecular weight is 473 g/mol. The Morgan fingerprint density at radius 2 is 1.97 bits per heavy atom. The number of halogens is 3. The van der Waals surface area contributed by atoms with Gasteiger partial charge in [0, 0.05) is 50.0 Å². The first-order chi connectivity index (χ1) is 16.2. The zero-order valence-corrected chi connectivity index (χ0v) is 18.8. The van der Waals surface area contributed by atoms with Crippen LogP contribution in [0.4, 0.5) is 18.9 Å². The number of hydrogen-bond acceptors (Lipinski definition) is 5. The summed E-state index contributed by atoms with van der Waals surface area (Å²) in [6.07, 6.45) is -3.33. The summed E-state index contributed by atoms with van der Waals surface area (Å²) in [6.45, 7) is 1.83. The van der Waals surface area contributed by atoms with E-state index in [9.17, 15) is 23.1 Å². The van der Waals surface area contributed by atoms with Crippen LogP contribution in [0.5, 0.6) is 5.75 Å². The maximum absolute atomic E-state index is 13.4. The fraction of sp³-hybridized carbons (Fsp3) is 0.440. The molecule has 2 saturated heterocycles. The van der Waals surface area contributed by atoms with Gasteiger partial charge in [0.1, 0.15) is 5.75 Å². The molecular weight excluding hydrogens is 447 g/mol. The number of aliphatic hydroxyl groups is 1. The van der Waals surface area contributed by atoms with Gasteiger partial charge < -0.3 is 19.6 Å². The second-order valence-electron chi connectivity index (χ2n) is 8.99. The van der Waals surface area contributed by atoms with Crippen molar-refractivity contribution in [2.45, 2.75) is 19.0 Å². The zero-order chi connectivity index (χ0) is 24.5. The number of hydrogen-bond donors (Lipinski definition) is 1. The summed E-state index contributed by atoms with van der Waals surface area (Å²) in [5.41, 5.74) is -0.733. The van der Waals surface area contributed by atoms with Crippen LogP contribution in [-0.2, 0) is 6.18 Å². The Bertz CT molecular complexity index is 1100. The monoisotopic (exact) mass is 473 g/mol. The Morgan fingerprint density at radius 1 is 1.24 bits per heavy atom. The number of rotatable bonds is 4. The van der Waals surface area contributed by atoms with E-state index in [1.165, 1.54) is 12.1 Å². The van der Waals surface area contributed by atoms with Crippen LogP contribution >= 0.6 is 0 Å². The van der Waals surface area contributed by atoms with E-state index >= 15 is 0 Å². The summed E-state index contributed by atoms with van der Waals surface area (Å²) in [5, 5.41) is 19.1. The van der Waals surface area contributed by atoms with E-state index in [2.05, 4.69) is 0 Å². The Labute approximate surface area is 196 Å². The number of piperidine rings is 1. The molecule has 34 heavy (non-hydrogen) atoms. The van der Waals surface area contributed by atoms with Crippen molar-refractivity contribution in [2.75, 3.05) is 44.8 Å². The Morgan fingerprint density at radius 3 is 2.59 bits per heavy atom. The molecular formula is C25H26F3N3O3. The number of benzene rings is 2. The van der Waals surface area contributed by atoms with Gasteiger partial charge in [0.15, 0.2) is 0 Å². The van der Waals surface area contributed by atoms with E-state index in [0.29, 0.717) is 56.0 Å². The lowest BCUT2D eigenvalue weighted by atomic mass is 9.71. The van der Waals surface area contributed by atoms with Crippen molar-refractivity contribution in [1.82, 2.24) is 4.90 Å². The maximum atomic E-state index is 13.4. The molecule has 0 bridgehead atoms. The molecule has 1 spiro atoms. The second-order valence-corrected chi connectivity index (χ2v) is 8.99. The number of aliphatic hydroxyl groups excluding tert-OH is 1. The van der Waals surface area contributed by atoms with Gasteiger partial charge in [0.05, 0.1) is 24.3 Å². The molecule has 1 amide bonds. The lowest BCUT2D eigenvalue weighted by molar-refractivity contribution is -0.137. The predicted octanol–water partition coefficient (Wildman–Crippen LogP) is 3.94. The highest BCUT2D eigenvalue weighted by atomic mass is 19.4. The fourth-order valence-electron chi connectivity index (χ4n) is 5.20. The topological polar surface area (TPSA) is 76.8 Å². The van der Waals surface area contributed by atoms with Crippen molar-refractivity contribution in [2.24, 2.45) is 11.3 Å². The molecule has 0 radical (unpaired) electrons. The van der Waals surface area contributed by atoms with Crippen molar-refractivity contribution in [3.8, 4) is 11.8 Å². The summed E-state index contributed by atoms with van der Waals surface area (Å²) >= 11 is 0. The number of anilines is 1. The SMILES string of the molecule is COc1cccc(C(=O)N2CCC3(CC2)CN(c2ccc(C#N)c(C(F)(F)F)c2)CC3CO)c1. The predicted molar refractivity (Wildman–Crippen MR) is 120 cm³/mol. The van der Waals surface area contributed by atoms with Gasteiger partial charge in [-0.2, -0.15) is 18.4 Å². The number of carbonyl (C=O) groups excluding carboxylic acids is 1. The van der Waals surface area contributed by atoms with Gasteiger partial charge in [-0.3, -0.25) is 4.79 Å². The van der Waals surface area contributed by atoms with Crippen molar-refractivity contribution in [3.05, 3.63) is 59.2 Å². The van der Waals surface area contributed by atoms with Gasteiger partial charge in [-0.05, 0) is 54.7 Å². The van der Waals surface area contributed by atoms with Crippen LogP contribution in [0.1, 0.15) is 34.3 Å². The van der Waals surface area contributed by atoms with E-state index in [1.54, 1.807) is 42.3 Å². The third kappa shape index (κ3) is 4.42. The van der Waals surface area contributed by atoms with Crippen molar-refractivity contribution in [1.29, 1.82) is 5.26 Å². The number of ether oxygens (including phenoxy) is 1. The van der Waals surface area contributed by atoms with Gasteiger partial charge in [0.2, 0.25) is 0 Å². The largest absolute Gasteiger partial charge is 0.497 e. The Balaban J connectivity index is 1.51. The molecule has 1 unspecified atom stereocenters. The Hall–Kier alpha value is -3.25. The quantitative estimate of drug-likeness (QED) is 0.728. The minimum absolute atomic E-state index is 0.0806. The molecule has 2 aromatic rings. The van der Waals surface area contributed by atoms with E-state index in [-0.39, 0.29) is 23.8 Å². The van der Waals surface area contributed by atoms with Gasteiger partial charge in [-0.15, -0.1) is 0 Å². The van der Waals surface area contributed by atoms with Crippen molar-refractivity contribution < 1.29 is 27.8 Å². The minimum atomic E-state index is -4.62. The van der Waals surface area contributed by atoms with Crippen LogP contribution in [0.3, 0.4) is 0 Å². The van der Waals surface area contributed by atoms with Crippen molar-refractivity contribution >= 4 is 11.6 Å². The van der Waals surface area contributed by atoms with Gasteiger partial charge >= 0.3 is 6.18 Å². The molecule has 1 atom stereocenters. The molecule has 2 aromatic carbocycles. The number of methoxy groups -OCH3 is 1. The molecule has 0 aliphatic carbocycles. The summed E-state index contributed by atoms with van der Waals surface area (Å²) < 4.78 is 45.5. The smallest absolute Gasteiger partial charge is 0.417 e. The lowest BCUT2D eigenvalue weighted by Gasteiger charge is -2.42. The normalized spacial score (nSPS) is 19.8. The highest BCUT2D eigenvalue weighted by molar-refractivity contribution is 5.94. The minimum Gasteiger partial charge on any atom is -0.497 e. The van der Waals surface area contributed by atoms with Crippen LogP contribution < -0.4 is 9.64 Å². The van der Waals surface area contributed by atoms with E-state index < -0.39 is 17.3 Å². The highest BCUT2D eigenvalue weighted by Gasteiger charge is 2.48. The van der Waals surface area contributed by atoms with E-state index in [1.807, 2.05) is 4.90 Å². The Kier molecular flexibility index (Phi) is 6.45.